The number of hydrogen-bond donors (Lipinski definition) is 3. The van der Waals surface area contributed by atoms with Gasteiger partial charge in [-0.2, -0.15) is 0 Å². The Hall–Kier alpha value is -1.79. The van der Waals surface area contributed by atoms with Crippen molar-refractivity contribution in [3.8, 4) is 0 Å². The van der Waals surface area contributed by atoms with Crippen LogP contribution in [0.25, 0.3) is 0 Å². The van der Waals surface area contributed by atoms with Crippen LogP contribution in [0.2, 0.25) is 0 Å². The molecule has 0 aromatic rings. The molecular weight excluding hydrogens is 294 g/mol. The Kier molecular flexibility index (Phi) is 6.24. The molecule has 1 saturated carbocycles. The molecule has 0 unspecified atom stereocenters. The maximum Gasteiger partial charge on any atom is 0.324 e. The average Bonchev–Trinajstić information content (AvgIpc) is 2.86. The van der Waals surface area contributed by atoms with Crippen molar-refractivity contribution in [2.24, 2.45) is 16.8 Å². The maximum absolute atomic E-state index is 11.5. The second-order valence-corrected chi connectivity index (χ2v) is 6.70. The Morgan fingerprint density at radius 2 is 2.00 bits per heavy atom. The summed E-state index contributed by atoms with van der Waals surface area (Å²) >= 11 is 0. The Morgan fingerprint density at radius 1 is 1.30 bits per heavy atom. The van der Waals surface area contributed by atoms with Crippen LogP contribution in [0.1, 0.15) is 39.5 Å². The Morgan fingerprint density at radius 3 is 2.52 bits per heavy atom. The Bertz CT molecular complexity index is 439. The van der Waals surface area contributed by atoms with Crippen molar-refractivity contribution in [2.45, 2.75) is 45.6 Å². The number of nitrogens with zero attached hydrogens (tertiary/aromatic N) is 2. The van der Waals surface area contributed by atoms with E-state index in [0.717, 1.165) is 30.6 Å². The van der Waals surface area contributed by atoms with E-state index in [2.05, 4.69) is 34.8 Å². The van der Waals surface area contributed by atoms with Crippen LogP contribution < -0.4 is 16.0 Å². The summed E-state index contributed by atoms with van der Waals surface area (Å²) in [6.45, 7) is 5.56. The van der Waals surface area contributed by atoms with E-state index in [-0.39, 0.29) is 18.5 Å². The molecule has 3 N–H and O–H groups in total. The number of carbonyl (C=O) groups excluding carboxylic acids is 2. The molecule has 7 nitrogen and oxygen atoms in total. The van der Waals surface area contributed by atoms with Gasteiger partial charge in [-0.1, -0.05) is 13.8 Å². The van der Waals surface area contributed by atoms with E-state index in [0.29, 0.717) is 19.1 Å². The van der Waals surface area contributed by atoms with Crippen molar-refractivity contribution < 1.29 is 9.59 Å². The number of carbonyl (C=O) groups is 2. The fourth-order valence-electron chi connectivity index (χ4n) is 3.29. The van der Waals surface area contributed by atoms with Crippen LogP contribution in [0, 0.1) is 11.8 Å². The number of nitrogens with one attached hydrogen (secondary N) is 3. The van der Waals surface area contributed by atoms with Gasteiger partial charge in [-0.3, -0.25) is 14.7 Å². The van der Waals surface area contributed by atoms with Crippen molar-refractivity contribution in [3.05, 3.63) is 0 Å². The number of aliphatic imine (C=N–C) groups is 1. The van der Waals surface area contributed by atoms with Gasteiger partial charge < -0.3 is 16.0 Å². The van der Waals surface area contributed by atoms with E-state index in [1.807, 2.05) is 0 Å². The predicted molar refractivity (Wildman–Crippen MR) is 90.2 cm³/mol. The Balaban J connectivity index is 1.70. The molecule has 0 radical (unpaired) electrons. The van der Waals surface area contributed by atoms with Gasteiger partial charge in [0.25, 0.3) is 0 Å². The van der Waals surface area contributed by atoms with Crippen LogP contribution in [-0.2, 0) is 4.79 Å². The number of guanidine groups is 1. The molecule has 0 atom stereocenters. The highest BCUT2D eigenvalue weighted by atomic mass is 16.2. The predicted octanol–water partition coefficient (Wildman–Crippen LogP) is 0.918. The quantitative estimate of drug-likeness (QED) is 0.399. The summed E-state index contributed by atoms with van der Waals surface area (Å²) in [5.74, 6) is 2.16. The third-order valence-electron chi connectivity index (χ3n) is 4.84. The number of urea groups is 1. The van der Waals surface area contributed by atoms with Crippen LogP contribution in [-0.4, -0.2) is 55.5 Å². The fourth-order valence-corrected chi connectivity index (χ4v) is 3.29. The molecule has 2 aliphatic rings. The number of rotatable bonds is 5. The first kappa shape index (κ1) is 17.6. The zero-order valence-corrected chi connectivity index (χ0v) is 14.4. The summed E-state index contributed by atoms with van der Waals surface area (Å²) in [4.78, 5) is 28.4. The van der Waals surface area contributed by atoms with Crippen LogP contribution in [0.5, 0.6) is 0 Å². The minimum absolute atomic E-state index is 0.102. The smallest absolute Gasteiger partial charge is 0.324 e. The van der Waals surface area contributed by atoms with Gasteiger partial charge in [0.1, 0.15) is 0 Å². The first-order chi connectivity index (χ1) is 11.0. The van der Waals surface area contributed by atoms with E-state index in [9.17, 15) is 9.59 Å². The van der Waals surface area contributed by atoms with Gasteiger partial charge in [-0.05, 0) is 37.5 Å². The third-order valence-corrected chi connectivity index (χ3v) is 4.84. The van der Waals surface area contributed by atoms with Crippen molar-refractivity contribution in [2.75, 3.05) is 26.7 Å². The lowest BCUT2D eigenvalue weighted by atomic mass is 9.80. The van der Waals surface area contributed by atoms with Crippen molar-refractivity contribution in [1.29, 1.82) is 0 Å². The summed E-state index contributed by atoms with van der Waals surface area (Å²) < 4.78 is 0. The molecule has 0 spiro atoms. The molecule has 1 saturated heterocycles. The summed E-state index contributed by atoms with van der Waals surface area (Å²) in [5, 5.41) is 9.15. The average molecular weight is 323 g/mol. The van der Waals surface area contributed by atoms with E-state index < -0.39 is 0 Å². The van der Waals surface area contributed by atoms with E-state index in [1.165, 1.54) is 17.7 Å². The highest BCUT2D eigenvalue weighted by Gasteiger charge is 2.28. The summed E-state index contributed by atoms with van der Waals surface area (Å²) in [5.41, 5.74) is 0. The van der Waals surface area contributed by atoms with Gasteiger partial charge in [0.15, 0.2) is 5.96 Å². The van der Waals surface area contributed by atoms with Gasteiger partial charge in [0, 0.05) is 26.2 Å². The molecule has 130 valence electrons. The van der Waals surface area contributed by atoms with Gasteiger partial charge in [0.2, 0.25) is 5.91 Å². The number of imide groups is 1. The topological polar surface area (TPSA) is 85.8 Å². The molecular formula is C16H29N5O2. The minimum Gasteiger partial charge on any atom is -0.355 e. The number of amides is 3. The number of hydrogen-bond acceptors (Lipinski definition) is 3. The van der Waals surface area contributed by atoms with Crippen LogP contribution in [0.3, 0.4) is 0 Å². The lowest BCUT2D eigenvalue weighted by Crippen LogP contribution is -2.47. The molecule has 2 rings (SSSR count). The lowest BCUT2D eigenvalue weighted by Gasteiger charge is -2.32. The summed E-state index contributed by atoms with van der Waals surface area (Å²) in [6, 6.07) is 0.139. The van der Waals surface area contributed by atoms with E-state index in [1.54, 1.807) is 7.05 Å². The monoisotopic (exact) mass is 323 g/mol. The normalized spacial score (nSPS) is 25.7. The molecule has 2 fully saturated rings. The molecule has 1 aliphatic heterocycles. The standard InChI is InChI=1S/C16H29N5O2/c1-11(2)12-4-6-13(7-5-12)20-15(17-3)18-8-9-21-14(22)10-19-16(21)23/h11-13H,4-10H2,1-3H3,(H,19,23)(H2,17,18,20). The molecule has 23 heavy (non-hydrogen) atoms. The molecule has 7 heteroatoms. The highest BCUT2D eigenvalue weighted by molar-refractivity contribution is 6.01. The van der Waals surface area contributed by atoms with Crippen LogP contribution in [0.4, 0.5) is 4.79 Å². The fraction of sp³-hybridized carbons (Fsp3) is 0.812. The minimum atomic E-state index is -0.313. The highest BCUT2D eigenvalue weighted by Crippen LogP contribution is 2.29. The van der Waals surface area contributed by atoms with Crippen molar-refractivity contribution in [1.82, 2.24) is 20.9 Å². The lowest BCUT2D eigenvalue weighted by molar-refractivity contribution is -0.124. The second-order valence-electron chi connectivity index (χ2n) is 6.70. The van der Waals surface area contributed by atoms with E-state index >= 15 is 0 Å². The molecule has 3 amide bonds. The first-order valence-corrected chi connectivity index (χ1v) is 8.56. The largest absolute Gasteiger partial charge is 0.355 e. The SMILES string of the molecule is CN=C(NCCN1C(=O)CNC1=O)NC1CCC(C(C)C)CC1. The molecule has 0 aromatic heterocycles. The first-order valence-electron chi connectivity index (χ1n) is 8.56. The van der Waals surface area contributed by atoms with Crippen molar-refractivity contribution in [3.63, 3.8) is 0 Å². The molecule has 1 aliphatic carbocycles. The van der Waals surface area contributed by atoms with Gasteiger partial charge >= 0.3 is 6.03 Å². The zero-order valence-electron chi connectivity index (χ0n) is 14.4. The maximum atomic E-state index is 11.5. The molecule has 0 bridgehead atoms. The molecule has 1 heterocycles. The van der Waals surface area contributed by atoms with E-state index in [4.69, 9.17) is 0 Å². The third kappa shape index (κ3) is 4.84. The summed E-state index contributed by atoms with van der Waals surface area (Å²) in [7, 11) is 1.74. The van der Waals surface area contributed by atoms with Crippen LogP contribution in [0.15, 0.2) is 4.99 Å². The molecule has 0 aromatic carbocycles. The van der Waals surface area contributed by atoms with Gasteiger partial charge in [0.05, 0.1) is 6.54 Å². The zero-order chi connectivity index (χ0) is 16.8. The van der Waals surface area contributed by atoms with Gasteiger partial charge in [-0.25, -0.2) is 4.79 Å². The Labute approximate surface area is 138 Å². The van der Waals surface area contributed by atoms with Crippen molar-refractivity contribution >= 4 is 17.9 Å². The summed E-state index contributed by atoms with van der Waals surface area (Å²) in [6.07, 6.45) is 4.84. The van der Waals surface area contributed by atoms with Crippen LogP contribution >= 0.6 is 0 Å². The second kappa shape index (κ2) is 8.17. The van der Waals surface area contributed by atoms with Gasteiger partial charge in [-0.15, -0.1) is 0 Å².